The second-order valence-electron chi connectivity index (χ2n) is 7.23. The average molecular weight is 350 g/mol. The van der Waals surface area contributed by atoms with Crippen molar-refractivity contribution in [3.63, 3.8) is 0 Å². The van der Waals surface area contributed by atoms with Crippen LogP contribution in [0.2, 0.25) is 0 Å². The van der Waals surface area contributed by atoms with Crippen LogP contribution in [-0.4, -0.2) is 31.7 Å². The van der Waals surface area contributed by atoms with Gasteiger partial charge in [-0.2, -0.15) is 0 Å². The van der Waals surface area contributed by atoms with Crippen LogP contribution in [0.1, 0.15) is 44.1 Å². The number of sulfone groups is 1. The largest absolute Gasteiger partial charge is 0.353 e. The van der Waals surface area contributed by atoms with Crippen LogP contribution in [0.4, 0.5) is 0 Å². The van der Waals surface area contributed by atoms with Gasteiger partial charge < -0.3 is 11.1 Å². The highest BCUT2D eigenvalue weighted by Crippen LogP contribution is 2.41. The van der Waals surface area contributed by atoms with Gasteiger partial charge in [0.1, 0.15) is 0 Å². The third-order valence-electron chi connectivity index (χ3n) is 5.40. The molecule has 1 aromatic carbocycles. The molecule has 0 saturated heterocycles. The fraction of sp³-hybridized carbons (Fsp3) is 0.611. The van der Waals surface area contributed by atoms with Crippen LogP contribution < -0.4 is 11.1 Å². The molecule has 0 heterocycles. The number of aryl methyl sites for hydroxylation is 1. The number of amides is 1. The van der Waals surface area contributed by atoms with Gasteiger partial charge in [-0.25, -0.2) is 8.42 Å². The second-order valence-corrected chi connectivity index (χ2v) is 9.49. The SMILES string of the molecule is Cc1ccc(S(=O)(=O)C2(C(=O)NCC(N)C3CC3)CCCC2)cc1. The average Bonchev–Trinajstić information content (AvgIpc) is 3.28. The number of rotatable bonds is 6. The molecule has 0 aromatic heterocycles. The summed E-state index contributed by atoms with van der Waals surface area (Å²) in [5.41, 5.74) is 7.04. The van der Waals surface area contributed by atoms with Crippen LogP contribution in [0.15, 0.2) is 29.2 Å². The lowest BCUT2D eigenvalue weighted by atomic mass is 10.1. The molecule has 1 unspecified atom stereocenters. The van der Waals surface area contributed by atoms with Gasteiger partial charge in [0.15, 0.2) is 14.6 Å². The summed E-state index contributed by atoms with van der Waals surface area (Å²) >= 11 is 0. The molecule has 1 aromatic rings. The maximum absolute atomic E-state index is 13.2. The molecule has 2 aliphatic carbocycles. The number of carbonyl (C=O) groups is 1. The van der Waals surface area contributed by atoms with E-state index in [4.69, 9.17) is 5.73 Å². The highest BCUT2D eigenvalue weighted by molar-refractivity contribution is 7.93. The summed E-state index contributed by atoms with van der Waals surface area (Å²) < 4.78 is 25.1. The van der Waals surface area contributed by atoms with E-state index in [1.807, 2.05) is 6.92 Å². The van der Waals surface area contributed by atoms with Crippen LogP contribution in [0.25, 0.3) is 0 Å². The van der Waals surface area contributed by atoms with Crippen molar-refractivity contribution in [2.24, 2.45) is 11.7 Å². The van der Waals surface area contributed by atoms with Crippen molar-refractivity contribution in [1.29, 1.82) is 0 Å². The zero-order chi connectivity index (χ0) is 17.4. The molecule has 132 valence electrons. The molecule has 1 atom stereocenters. The van der Waals surface area contributed by atoms with Gasteiger partial charge in [-0.3, -0.25) is 4.79 Å². The Bertz CT molecular complexity index is 702. The number of nitrogens with one attached hydrogen (secondary N) is 1. The number of carbonyl (C=O) groups excluding carboxylic acids is 1. The number of nitrogens with two attached hydrogens (primary N) is 1. The Morgan fingerprint density at radius 2 is 1.83 bits per heavy atom. The summed E-state index contributed by atoms with van der Waals surface area (Å²) in [6.07, 6.45) is 4.48. The van der Waals surface area contributed by atoms with Crippen molar-refractivity contribution in [2.75, 3.05) is 6.54 Å². The summed E-state index contributed by atoms with van der Waals surface area (Å²) in [7, 11) is -3.72. The van der Waals surface area contributed by atoms with E-state index in [2.05, 4.69) is 5.32 Å². The molecule has 0 bridgehead atoms. The monoisotopic (exact) mass is 350 g/mol. The van der Waals surface area contributed by atoms with E-state index in [9.17, 15) is 13.2 Å². The molecule has 3 rings (SSSR count). The Morgan fingerprint density at radius 3 is 2.38 bits per heavy atom. The van der Waals surface area contributed by atoms with E-state index >= 15 is 0 Å². The van der Waals surface area contributed by atoms with Crippen LogP contribution >= 0.6 is 0 Å². The molecular formula is C18H26N2O3S. The van der Waals surface area contributed by atoms with E-state index in [1.54, 1.807) is 24.3 Å². The van der Waals surface area contributed by atoms with Crippen molar-refractivity contribution in [3.05, 3.63) is 29.8 Å². The lowest BCUT2D eigenvalue weighted by Crippen LogP contribution is -2.53. The van der Waals surface area contributed by atoms with Gasteiger partial charge in [-0.15, -0.1) is 0 Å². The Kier molecular flexibility index (Phi) is 4.71. The first-order chi connectivity index (χ1) is 11.4. The zero-order valence-electron chi connectivity index (χ0n) is 14.1. The summed E-state index contributed by atoms with van der Waals surface area (Å²) in [5, 5.41) is 2.83. The van der Waals surface area contributed by atoms with Crippen molar-refractivity contribution < 1.29 is 13.2 Å². The summed E-state index contributed by atoms with van der Waals surface area (Å²) in [6, 6.07) is 6.68. The molecule has 1 amide bonds. The van der Waals surface area contributed by atoms with Gasteiger partial charge in [0.25, 0.3) is 0 Å². The number of hydrogen-bond donors (Lipinski definition) is 2. The maximum atomic E-state index is 13.2. The standard InChI is InChI=1S/C18H26N2O3S/c1-13-4-8-15(9-5-13)24(22,23)18(10-2-3-11-18)17(21)20-12-16(19)14-6-7-14/h4-5,8-9,14,16H,2-3,6-7,10-12,19H2,1H3,(H,20,21). The topological polar surface area (TPSA) is 89.3 Å². The van der Waals surface area contributed by atoms with Crippen molar-refractivity contribution >= 4 is 15.7 Å². The van der Waals surface area contributed by atoms with Crippen molar-refractivity contribution in [3.8, 4) is 0 Å². The minimum absolute atomic E-state index is 0.0746. The van der Waals surface area contributed by atoms with E-state index in [0.717, 1.165) is 31.2 Å². The molecule has 3 N–H and O–H groups in total. The molecule has 5 nitrogen and oxygen atoms in total. The van der Waals surface area contributed by atoms with Gasteiger partial charge >= 0.3 is 0 Å². The van der Waals surface area contributed by atoms with Crippen LogP contribution in [0.5, 0.6) is 0 Å². The zero-order valence-corrected chi connectivity index (χ0v) is 14.9. The van der Waals surface area contributed by atoms with Gasteiger partial charge in [0.05, 0.1) is 4.90 Å². The quantitative estimate of drug-likeness (QED) is 0.820. The lowest BCUT2D eigenvalue weighted by Gasteiger charge is -2.28. The minimum atomic E-state index is -3.72. The van der Waals surface area contributed by atoms with Gasteiger partial charge in [-0.05, 0) is 50.7 Å². The summed E-state index contributed by atoms with van der Waals surface area (Å²) in [6.45, 7) is 2.27. The molecule has 0 aliphatic heterocycles. The predicted molar refractivity (Wildman–Crippen MR) is 93.3 cm³/mol. The first kappa shape index (κ1) is 17.4. The summed E-state index contributed by atoms with van der Waals surface area (Å²) in [5.74, 6) is 0.0928. The molecule has 2 aliphatic rings. The van der Waals surface area contributed by atoms with Crippen molar-refractivity contribution in [2.45, 2.75) is 61.1 Å². The Labute approximate surface area is 143 Å². The van der Waals surface area contributed by atoms with E-state index in [0.29, 0.717) is 25.3 Å². The Balaban J connectivity index is 1.83. The number of hydrogen-bond acceptors (Lipinski definition) is 4. The van der Waals surface area contributed by atoms with E-state index in [1.165, 1.54) is 0 Å². The van der Waals surface area contributed by atoms with Crippen LogP contribution in [0, 0.1) is 12.8 Å². The molecule has 2 fully saturated rings. The molecule has 0 radical (unpaired) electrons. The first-order valence-electron chi connectivity index (χ1n) is 8.72. The predicted octanol–water partition coefficient (Wildman–Crippen LogP) is 1.94. The summed E-state index contributed by atoms with van der Waals surface area (Å²) in [4.78, 5) is 13.1. The van der Waals surface area contributed by atoms with Crippen LogP contribution in [-0.2, 0) is 14.6 Å². The second kappa shape index (κ2) is 6.48. The van der Waals surface area contributed by atoms with E-state index < -0.39 is 14.6 Å². The normalized spacial score (nSPS) is 21.4. The van der Waals surface area contributed by atoms with Gasteiger partial charge in [0, 0.05) is 12.6 Å². The van der Waals surface area contributed by atoms with Gasteiger partial charge in [-0.1, -0.05) is 30.5 Å². The third-order valence-corrected chi connectivity index (χ3v) is 7.91. The maximum Gasteiger partial charge on any atom is 0.241 e. The molecule has 2 saturated carbocycles. The molecular weight excluding hydrogens is 324 g/mol. The highest BCUT2D eigenvalue weighted by atomic mass is 32.2. The van der Waals surface area contributed by atoms with E-state index in [-0.39, 0.29) is 16.8 Å². The first-order valence-corrected chi connectivity index (χ1v) is 10.2. The van der Waals surface area contributed by atoms with Gasteiger partial charge in [0.2, 0.25) is 5.91 Å². The smallest absolute Gasteiger partial charge is 0.241 e. The Hall–Kier alpha value is -1.40. The number of benzene rings is 1. The molecule has 0 spiro atoms. The van der Waals surface area contributed by atoms with Crippen molar-refractivity contribution in [1.82, 2.24) is 5.32 Å². The minimum Gasteiger partial charge on any atom is -0.353 e. The van der Waals surface area contributed by atoms with Crippen LogP contribution in [0.3, 0.4) is 0 Å². The fourth-order valence-corrected chi connectivity index (χ4v) is 5.66. The third kappa shape index (κ3) is 3.09. The highest BCUT2D eigenvalue weighted by Gasteiger charge is 2.52. The molecule has 6 heteroatoms. The fourth-order valence-electron chi connectivity index (χ4n) is 3.57. The molecule has 24 heavy (non-hydrogen) atoms. The lowest BCUT2D eigenvalue weighted by molar-refractivity contribution is -0.123. The Morgan fingerprint density at radius 1 is 1.25 bits per heavy atom.